The van der Waals surface area contributed by atoms with Gasteiger partial charge in [-0.25, -0.2) is 4.39 Å². The zero-order valence-corrected chi connectivity index (χ0v) is 14.9. The Kier molecular flexibility index (Phi) is 6.09. The van der Waals surface area contributed by atoms with E-state index in [-0.39, 0.29) is 29.4 Å². The van der Waals surface area contributed by atoms with Crippen molar-refractivity contribution in [3.63, 3.8) is 0 Å². The number of hydrogen-bond acceptors (Lipinski definition) is 4. The molecule has 4 nitrogen and oxygen atoms in total. The van der Waals surface area contributed by atoms with Gasteiger partial charge in [-0.05, 0) is 57.9 Å². The lowest BCUT2D eigenvalue weighted by molar-refractivity contribution is 0.0505. The Balaban J connectivity index is 1.88. The number of rotatable bonds is 7. The summed E-state index contributed by atoms with van der Waals surface area (Å²) in [4.78, 5) is 0. The first kappa shape index (κ1) is 17.6. The van der Waals surface area contributed by atoms with E-state index in [0.717, 1.165) is 32.1 Å². The molecule has 0 aliphatic heterocycles. The van der Waals surface area contributed by atoms with Crippen molar-refractivity contribution in [2.75, 3.05) is 19.4 Å². The summed E-state index contributed by atoms with van der Waals surface area (Å²) in [5, 5.41) is 13.7. The van der Waals surface area contributed by atoms with E-state index < -0.39 is 11.9 Å². The zero-order chi connectivity index (χ0) is 18.6. The van der Waals surface area contributed by atoms with Crippen LogP contribution in [0.1, 0.15) is 59.0 Å². The highest BCUT2D eigenvalue weighted by molar-refractivity contribution is 5.43. The number of ether oxygens (including phenoxy) is 1. The number of nitrogens with two attached hydrogens (primary N) is 1. The number of aliphatic hydroxyl groups excluding tert-OH is 1. The van der Waals surface area contributed by atoms with Crippen LogP contribution in [0, 0.1) is 11.7 Å². The van der Waals surface area contributed by atoms with Gasteiger partial charge in [0.1, 0.15) is 0 Å². The quantitative estimate of drug-likeness (QED) is 0.666. The minimum absolute atomic E-state index is 0.0617. The number of aliphatic hydroxyl groups is 1. The van der Waals surface area contributed by atoms with Crippen LogP contribution in [-0.4, -0.2) is 30.4 Å². The van der Waals surface area contributed by atoms with Crippen LogP contribution in [0.3, 0.4) is 0 Å². The van der Waals surface area contributed by atoms with Crippen molar-refractivity contribution in [2.45, 2.75) is 63.7 Å². The fourth-order valence-electron chi connectivity index (χ4n) is 3.62. The Labute approximate surface area is 146 Å². The lowest BCUT2D eigenvalue weighted by atomic mass is 9.79. The molecule has 1 aliphatic rings. The van der Waals surface area contributed by atoms with Crippen molar-refractivity contribution in [2.24, 2.45) is 5.92 Å². The highest BCUT2D eigenvalue weighted by Gasteiger charge is 2.28. The first-order chi connectivity index (χ1) is 11.7. The molecule has 24 heavy (non-hydrogen) atoms. The molecule has 0 unspecified atom stereocenters. The van der Waals surface area contributed by atoms with E-state index in [2.05, 4.69) is 19.2 Å². The number of benzene rings is 1. The summed E-state index contributed by atoms with van der Waals surface area (Å²) in [7, 11) is 1.77. The number of halogens is 1. The summed E-state index contributed by atoms with van der Waals surface area (Å²) in [6.45, 7) is 4.47. The van der Waals surface area contributed by atoms with E-state index in [1.54, 1.807) is 7.11 Å². The molecule has 1 fully saturated rings. The van der Waals surface area contributed by atoms with E-state index in [9.17, 15) is 9.50 Å². The predicted octanol–water partition coefficient (Wildman–Crippen LogP) is 3.40. The number of methoxy groups -OCH3 is 1. The number of nitrogen functional groups attached to an aromatic ring is 1. The molecule has 0 spiro atoms. The van der Waals surface area contributed by atoms with Gasteiger partial charge in [-0.3, -0.25) is 0 Å². The normalized spacial score (nSPS) is 23.8. The SMILES string of the molecule is [3H]c1ccc([C@@H](O)CNC(C)(C)CC2CCC(OC)CC2)c(F)c1N. The third-order valence-electron chi connectivity index (χ3n) is 5.05. The molecule has 0 radical (unpaired) electrons. The van der Waals surface area contributed by atoms with Crippen molar-refractivity contribution >= 4 is 5.69 Å². The van der Waals surface area contributed by atoms with Crippen molar-refractivity contribution in [1.29, 1.82) is 0 Å². The Bertz CT molecular complexity index is 575. The second kappa shape index (κ2) is 8.28. The summed E-state index contributed by atoms with van der Waals surface area (Å²) in [5.74, 6) is -0.0569. The molecule has 136 valence electrons. The summed E-state index contributed by atoms with van der Waals surface area (Å²) in [6, 6.07) is 2.78. The van der Waals surface area contributed by atoms with Crippen LogP contribution < -0.4 is 11.1 Å². The molecule has 5 heteroatoms. The molecule has 1 atom stereocenters. The maximum absolute atomic E-state index is 14.1. The molecule has 0 saturated heterocycles. The predicted molar refractivity (Wildman–Crippen MR) is 95.2 cm³/mol. The third-order valence-corrected chi connectivity index (χ3v) is 5.05. The smallest absolute Gasteiger partial charge is 0.151 e. The van der Waals surface area contributed by atoms with Crippen LogP contribution in [0.4, 0.5) is 10.1 Å². The van der Waals surface area contributed by atoms with Crippen LogP contribution in [-0.2, 0) is 4.74 Å². The van der Waals surface area contributed by atoms with Gasteiger partial charge in [-0.2, -0.15) is 0 Å². The molecule has 1 saturated carbocycles. The molecular formula is C19H31FN2O2. The Morgan fingerprint density at radius 3 is 2.75 bits per heavy atom. The number of hydrogen-bond donors (Lipinski definition) is 3. The summed E-state index contributed by atoms with van der Waals surface area (Å²) >= 11 is 0. The van der Waals surface area contributed by atoms with Gasteiger partial charge >= 0.3 is 0 Å². The third kappa shape index (κ3) is 5.16. The number of β-amino-alcohol motifs (C(OH)–C–C–N with tert-alkyl or cyclic N) is 1. The van der Waals surface area contributed by atoms with Crippen molar-refractivity contribution in [1.82, 2.24) is 5.32 Å². The lowest BCUT2D eigenvalue weighted by Gasteiger charge is -2.35. The molecule has 2 rings (SSSR count). The average Bonchev–Trinajstić information content (AvgIpc) is 2.58. The number of nitrogens with one attached hydrogen (secondary N) is 1. The van der Waals surface area contributed by atoms with Crippen molar-refractivity contribution < 1.29 is 15.6 Å². The molecule has 0 amide bonds. The van der Waals surface area contributed by atoms with Gasteiger partial charge in [-0.15, -0.1) is 0 Å². The highest BCUT2D eigenvalue weighted by atomic mass is 19.1. The second-order valence-electron chi connectivity index (χ2n) is 7.52. The lowest BCUT2D eigenvalue weighted by Crippen LogP contribution is -2.43. The largest absolute Gasteiger partial charge is 0.396 e. The van der Waals surface area contributed by atoms with Gasteiger partial charge in [0.2, 0.25) is 0 Å². The first-order valence-electron chi connectivity index (χ1n) is 9.24. The van der Waals surface area contributed by atoms with Gasteiger partial charge in [-0.1, -0.05) is 12.1 Å². The molecule has 1 aromatic rings. The van der Waals surface area contributed by atoms with E-state index in [4.69, 9.17) is 11.8 Å². The Hall–Kier alpha value is -1.17. The van der Waals surface area contributed by atoms with Crippen LogP contribution >= 0.6 is 0 Å². The molecule has 0 heterocycles. The minimum atomic E-state index is -0.994. The molecule has 4 N–H and O–H groups in total. The fraction of sp³-hybridized carbons (Fsp3) is 0.684. The molecule has 0 aromatic heterocycles. The minimum Gasteiger partial charge on any atom is -0.396 e. The number of anilines is 1. The highest BCUT2D eigenvalue weighted by Crippen LogP contribution is 2.32. The van der Waals surface area contributed by atoms with Gasteiger partial charge in [0.15, 0.2) is 5.82 Å². The van der Waals surface area contributed by atoms with E-state index in [1.165, 1.54) is 12.1 Å². The second-order valence-corrected chi connectivity index (χ2v) is 7.52. The van der Waals surface area contributed by atoms with Crippen molar-refractivity contribution in [3.8, 4) is 0 Å². The van der Waals surface area contributed by atoms with Crippen molar-refractivity contribution in [3.05, 3.63) is 29.6 Å². The van der Waals surface area contributed by atoms with E-state index >= 15 is 0 Å². The molecular weight excluding hydrogens is 307 g/mol. The van der Waals surface area contributed by atoms with Gasteiger partial charge in [0.05, 0.1) is 19.3 Å². The Morgan fingerprint density at radius 1 is 1.46 bits per heavy atom. The van der Waals surface area contributed by atoms with Gasteiger partial charge < -0.3 is 20.9 Å². The fourth-order valence-corrected chi connectivity index (χ4v) is 3.62. The van der Waals surface area contributed by atoms with E-state index in [0.29, 0.717) is 12.0 Å². The summed E-state index contributed by atoms with van der Waals surface area (Å²) in [5.41, 5.74) is 5.31. The zero-order valence-electron chi connectivity index (χ0n) is 15.9. The summed E-state index contributed by atoms with van der Waals surface area (Å²) < 4.78 is 27.0. The maximum atomic E-state index is 14.1. The average molecular weight is 340 g/mol. The van der Waals surface area contributed by atoms with Crippen LogP contribution in [0.2, 0.25) is 0 Å². The molecule has 1 aliphatic carbocycles. The first-order valence-corrected chi connectivity index (χ1v) is 8.74. The van der Waals surface area contributed by atoms with Gasteiger partial charge in [0.25, 0.3) is 0 Å². The summed E-state index contributed by atoms with van der Waals surface area (Å²) in [6.07, 6.45) is 4.92. The molecule has 0 bridgehead atoms. The standard InChI is InChI=1S/C19H31FN2O2/c1-19(2,11-13-7-9-14(24-3)10-8-13)22-12-17(23)15-5-4-6-16(21)18(15)20/h4-6,13-14,17,22-23H,7-12,21H2,1-3H3/t13?,14?,17-/m0/s1/i6T. The molecule has 1 aromatic carbocycles. The Morgan fingerprint density at radius 2 is 2.12 bits per heavy atom. The van der Waals surface area contributed by atoms with Crippen LogP contribution in [0.25, 0.3) is 0 Å². The maximum Gasteiger partial charge on any atom is 0.151 e. The van der Waals surface area contributed by atoms with E-state index in [1.807, 2.05) is 0 Å². The topological polar surface area (TPSA) is 67.5 Å². The van der Waals surface area contributed by atoms with Crippen LogP contribution in [0.15, 0.2) is 18.2 Å². The van der Waals surface area contributed by atoms with Gasteiger partial charge in [0, 0.05) is 24.8 Å². The van der Waals surface area contributed by atoms with Crippen LogP contribution in [0.5, 0.6) is 0 Å². The monoisotopic (exact) mass is 340 g/mol.